The summed E-state index contributed by atoms with van der Waals surface area (Å²) < 4.78 is 6.43. The molecule has 1 aromatic heterocycles. The monoisotopic (exact) mass is 721 g/mol. The molecule has 56 heavy (non-hydrogen) atoms. The Morgan fingerprint density at radius 2 is 1.18 bits per heavy atom. The summed E-state index contributed by atoms with van der Waals surface area (Å²) in [6.07, 6.45) is 8.73. The van der Waals surface area contributed by atoms with Crippen molar-refractivity contribution >= 4 is 39.0 Å². The molecule has 13 rings (SSSR count). The average molecular weight is 722 g/mol. The zero-order valence-corrected chi connectivity index (χ0v) is 31.5. The van der Waals surface area contributed by atoms with Gasteiger partial charge in [-0.25, -0.2) is 0 Å². The minimum atomic E-state index is 0.191. The smallest absolute Gasteiger partial charge is 0.137 e. The first kappa shape index (κ1) is 31.4. The fourth-order valence-electron chi connectivity index (χ4n) is 13.4. The molecule has 6 unspecified atom stereocenters. The van der Waals surface area contributed by atoms with E-state index in [2.05, 4.69) is 163 Å². The third-order valence-corrected chi connectivity index (χ3v) is 15.5. The molecule has 2 spiro atoms. The zero-order valence-electron chi connectivity index (χ0n) is 31.5. The van der Waals surface area contributed by atoms with Gasteiger partial charge in [0, 0.05) is 39.3 Å². The normalized spacial score (nSPS) is 26.3. The summed E-state index contributed by atoms with van der Waals surface area (Å²) in [4.78, 5) is 2.38. The molecule has 7 aromatic carbocycles. The van der Waals surface area contributed by atoms with Crippen LogP contribution in [-0.4, -0.2) is 0 Å². The molecule has 1 heterocycles. The molecule has 3 bridgehead atoms. The summed E-state index contributed by atoms with van der Waals surface area (Å²) in [5, 5.41) is 2.29. The van der Waals surface area contributed by atoms with E-state index in [1.807, 2.05) is 6.07 Å². The SMILES string of the molecule is c1ccc(-c2ccc(N(c3cccc(-c4ccc5c(c4)-c4ccccc4C54C5CCC6CC7CC4C7(C6)C5)c3)c3ccc4c(c3)oc3ccccc34)cc2)cc1. The largest absolute Gasteiger partial charge is 0.456 e. The summed E-state index contributed by atoms with van der Waals surface area (Å²) in [7, 11) is 0. The molecule has 0 saturated heterocycles. The highest BCUT2D eigenvalue weighted by Gasteiger charge is 2.75. The molecule has 6 atom stereocenters. The number of furan rings is 1. The van der Waals surface area contributed by atoms with Crippen LogP contribution in [0.25, 0.3) is 55.3 Å². The Morgan fingerprint density at radius 1 is 0.464 bits per heavy atom. The summed E-state index contributed by atoms with van der Waals surface area (Å²) in [6, 6.07) is 60.9. The third-order valence-electron chi connectivity index (χ3n) is 15.5. The second-order valence-electron chi connectivity index (χ2n) is 17.8. The van der Waals surface area contributed by atoms with Gasteiger partial charge in [-0.2, -0.15) is 0 Å². The van der Waals surface area contributed by atoms with Gasteiger partial charge >= 0.3 is 0 Å². The van der Waals surface area contributed by atoms with E-state index in [-0.39, 0.29) is 5.41 Å². The first-order chi connectivity index (χ1) is 27.7. The highest BCUT2D eigenvalue weighted by Crippen LogP contribution is 2.81. The quantitative estimate of drug-likeness (QED) is 0.176. The lowest BCUT2D eigenvalue weighted by Gasteiger charge is -2.54. The van der Waals surface area contributed by atoms with Crippen molar-refractivity contribution in [3.8, 4) is 33.4 Å². The van der Waals surface area contributed by atoms with Crippen molar-refractivity contribution in [2.45, 2.75) is 43.9 Å². The molecule has 5 aliphatic rings. The first-order valence-corrected chi connectivity index (χ1v) is 20.9. The number of hydrogen-bond acceptors (Lipinski definition) is 2. The van der Waals surface area contributed by atoms with Crippen molar-refractivity contribution in [3.63, 3.8) is 0 Å². The Hall–Kier alpha value is -5.86. The number of fused-ring (bicyclic) bond motifs is 12. The maximum absolute atomic E-state index is 6.43. The molecule has 4 fully saturated rings. The van der Waals surface area contributed by atoms with Gasteiger partial charge in [-0.15, -0.1) is 0 Å². The van der Waals surface area contributed by atoms with Gasteiger partial charge in [0.1, 0.15) is 11.2 Å². The summed E-state index contributed by atoms with van der Waals surface area (Å²) in [6.45, 7) is 0. The van der Waals surface area contributed by atoms with Gasteiger partial charge in [0.15, 0.2) is 0 Å². The van der Waals surface area contributed by atoms with E-state index < -0.39 is 0 Å². The van der Waals surface area contributed by atoms with Crippen LogP contribution in [0.15, 0.2) is 168 Å². The van der Waals surface area contributed by atoms with E-state index in [0.29, 0.717) is 5.41 Å². The van der Waals surface area contributed by atoms with Crippen LogP contribution in [0.5, 0.6) is 0 Å². The second-order valence-corrected chi connectivity index (χ2v) is 17.8. The number of anilines is 3. The van der Waals surface area contributed by atoms with Crippen LogP contribution < -0.4 is 4.90 Å². The third kappa shape index (κ3) is 4.12. The van der Waals surface area contributed by atoms with Crippen molar-refractivity contribution in [3.05, 3.63) is 175 Å². The molecular weight excluding hydrogens is 679 g/mol. The summed E-state index contributed by atoms with van der Waals surface area (Å²) >= 11 is 0. The molecule has 0 radical (unpaired) electrons. The molecular formula is C54H43NO. The molecule has 0 aliphatic heterocycles. The number of nitrogens with zero attached hydrogens (tertiary/aromatic N) is 1. The summed E-state index contributed by atoms with van der Waals surface area (Å²) in [5.41, 5.74) is 17.1. The predicted molar refractivity (Wildman–Crippen MR) is 230 cm³/mol. The van der Waals surface area contributed by atoms with Crippen LogP contribution in [0.1, 0.15) is 49.7 Å². The van der Waals surface area contributed by atoms with Gasteiger partial charge in [0.25, 0.3) is 0 Å². The van der Waals surface area contributed by atoms with E-state index in [1.165, 1.54) is 71.9 Å². The van der Waals surface area contributed by atoms with Crippen molar-refractivity contribution in [2.75, 3.05) is 4.90 Å². The lowest BCUT2D eigenvalue weighted by Crippen LogP contribution is -2.50. The number of hydrogen-bond donors (Lipinski definition) is 0. The van der Waals surface area contributed by atoms with Gasteiger partial charge < -0.3 is 9.32 Å². The Labute approximate surface area is 328 Å². The second kappa shape index (κ2) is 11.4. The highest BCUT2D eigenvalue weighted by atomic mass is 16.3. The standard InChI is InChI=1S/C54H43NO/c1-2-9-35(10-3-1)36-18-22-41(23-19-36)55(43-24-25-46-45-14-5-7-16-50(45)56-51(46)31-43)42-12-8-11-37(28-42)38-20-26-49-47(29-38)44-13-4-6-15-48(44)54(49)39-21-17-34-27-40-30-52(54)53(40,32-34)33-39/h1-16,18-20,22-26,28-29,31,34,39-40,52H,17,21,27,30,32-33H2. The molecule has 5 aliphatic carbocycles. The van der Waals surface area contributed by atoms with Crippen LogP contribution in [0, 0.1) is 29.1 Å². The van der Waals surface area contributed by atoms with Crippen molar-refractivity contribution in [1.82, 2.24) is 0 Å². The fraction of sp³-hybridized carbons (Fsp3) is 0.222. The van der Waals surface area contributed by atoms with Gasteiger partial charge in [-0.1, -0.05) is 116 Å². The summed E-state index contributed by atoms with van der Waals surface area (Å²) in [5.74, 6) is 3.53. The maximum atomic E-state index is 6.43. The van der Waals surface area contributed by atoms with Crippen LogP contribution in [-0.2, 0) is 5.41 Å². The molecule has 270 valence electrons. The van der Waals surface area contributed by atoms with E-state index in [4.69, 9.17) is 4.42 Å². The van der Waals surface area contributed by atoms with Crippen LogP contribution in [0.3, 0.4) is 0 Å². The Kier molecular flexibility index (Phi) is 6.36. The predicted octanol–water partition coefficient (Wildman–Crippen LogP) is 14.5. The van der Waals surface area contributed by atoms with Crippen molar-refractivity contribution < 1.29 is 4.42 Å². The molecule has 2 heteroatoms. The maximum Gasteiger partial charge on any atom is 0.137 e. The average Bonchev–Trinajstić information content (AvgIpc) is 3.87. The van der Waals surface area contributed by atoms with Crippen LogP contribution in [0.2, 0.25) is 0 Å². The highest BCUT2D eigenvalue weighted by molar-refractivity contribution is 6.06. The van der Waals surface area contributed by atoms with E-state index in [9.17, 15) is 0 Å². The molecule has 2 nitrogen and oxygen atoms in total. The lowest BCUT2D eigenvalue weighted by molar-refractivity contribution is -0.0202. The minimum Gasteiger partial charge on any atom is -0.456 e. The topological polar surface area (TPSA) is 16.4 Å². The van der Waals surface area contributed by atoms with Gasteiger partial charge in [0.05, 0.1) is 0 Å². The Bertz CT molecular complexity index is 2870. The van der Waals surface area contributed by atoms with Gasteiger partial charge in [0.2, 0.25) is 0 Å². The molecule has 4 saturated carbocycles. The van der Waals surface area contributed by atoms with Crippen LogP contribution in [0.4, 0.5) is 17.1 Å². The van der Waals surface area contributed by atoms with Crippen molar-refractivity contribution in [2.24, 2.45) is 29.1 Å². The zero-order chi connectivity index (χ0) is 36.6. The Balaban J connectivity index is 0.936. The van der Waals surface area contributed by atoms with Gasteiger partial charge in [-0.05, 0) is 154 Å². The molecule has 0 amide bonds. The van der Waals surface area contributed by atoms with Crippen molar-refractivity contribution in [1.29, 1.82) is 0 Å². The number of rotatable bonds is 5. The number of para-hydroxylation sites is 1. The van der Waals surface area contributed by atoms with E-state index >= 15 is 0 Å². The van der Waals surface area contributed by atoms with Gasteiger partial charge in [-0.3, -0.25) is 0 Å². The molecule has 0 N–H and O–H groups in total. The van der Waals surface area contributed by atoms with E-state index in [0.717, 1.165) is 62.7 Å². The lowest BCUT2D eigenvalue weighted by atomic mass is 9.49. The van der Waals surface area contributed by atoms with E-state index in [1.54, 1.807) is 11.1 Å². The fourth-order valence-corrected chi connectivity index (χ4v) is 13.4. The van der Waals surface area contributed by atoms with Crippen LogP contribution >= 0.6 is 0 Å². The first-order valence-electron chi connectivity index (χ1n) is 20.9. The number of benzene rings is 7. The molecule has 8 aromatic rings. The Morgan fingerprint density at radius 3 is 2.11 bits per heavy atom. The minimum absolute atomic E-state index is 0.191.